The molecule has 2 bridgehead atoms. The van der Waals surface area contributed by atoms with Crippen LogP contribution >= 0.6 is 43.2 Å². The fourth-order valence-corrected chi connectivity index (χ4v) is 25.2. The number of piperidine rings is 1. The van der Waals surface area contributed by atoms with Gasteiger partial charge in [-0.05, 0) is 210 Å². The summed E-state index contributed by atoms with van der Waals surface area (Å²) in [7, 11) is 8.23. The number of aryl methyl sites for hydroxylation is 1. The fourth-order valence-electron chi connectivity index (χ4n) is 19.5. The molecule has 0 spiro atoms. The fraction of sp³-hybridized carbons (Fsp3) is 0.434. The first kappa shape index (κ1) is 67.5. The van der Waals surface area contributed by atoms with Crippen molar-refractivity contribution in [2.45, 2.75) is 150 Å². The summed E-state index contributed by atoms with van der Waals surface area (Å²) in [6.45, 7) is 2.77. The van der Waals surface area contributed by atoms with Crippen molar-refractivity contribution in [1.82, 2.24) is 10.3 Å². The van der Waals surface area contributed by atoms with Crippen LogP contribution in [0, 0.1) is 35.0 Å². The van der Waals surface area contributed by atoms with Crippen LogP contribution in [0.1, 0.15) is 155 Å². The molecule has 11 nitrogen and oxygen atoms in total. The summed E-state index contributed by atoms with van der Waals surface area (Å²) in [5, 5.41) is 83.3. The summed E-state index contributed by atoms with van der Waals surface area (Å²) >= 11 is 0. The Hall–Kier alpha value is -6.27. The Kier molecular flexibility index (Phi) is 19.7. The monoisotopic (exact) mass is 1390 g/mol. The molecule has 0 radical (unpaired) electrons. The van der Waals surface area contributed by atoms with Gasteiger partial charge in [-0.15, -0.1) is 0 Å². The highest BCUT2D eigenvalue weighted by molar-refractivity contribution is 8.77. The molecule has 98 heavy (non-hydrogen) atoms. The second-order valence-electron chi connectivity index (χ2n) is 29.2. The number of benzene rings is 7. The number of hydrogen-bond donors (Lipinski definition) is 8. The number of phenolic OH excluding ortho intramolecular Hbond substituents is 3. The number of hydrogen-bond acceptors (Lipinski definition) is 14. The van der Waals surface area contributed by atoms with Gasteiger partial charge in [0, 0.05) is 70.4 Å². The second-order valence-corrected chi connectivity index (χ2v) is 34.3. The van der Waals surface area contributed by atoms with Crippen LogP contribution in [-0.4, -0.2) is 97.2 Å². The molecule has 8 aromatic rings. The van der Waals surface area contributed by atoms with Gasteiger partial charge in [-0.25, -0.2) is 0 Å². The van der Waals surface area contributed by atoms with E-state index >= 15 is 4.79 Å². The van der Waals surface area contributed by atoms with Gasteiger partial charge in [0.05, 0.1) is 42.1 Å². The molecule has 3 saturated carbocycles. The predicted octanol–water partition coefficient (Wildman–Crippen LogP) is 16.5. The lowest BCUT2D eigenvalue weighted by Gasteiger charge is -2.62. The molecule has 15 rings (SSSR count). The number of aromatic hydroxyl groups is 3. The van der Waals surface area contributed by atoms with Gasteiger partial charge < -0.3 is 50.4 Å². The Morgan fingerprint density at radius 1 is 0.724 bits per heavy atom. The minimum Gasteiger partial charge on any atom is -0.507 e. The van der Waals surface area contributed by atoms with Gasteiger partial charge in [-0.3, -0.25) is 4.79 Å². The first-order chi connectivity index (χ1) is 47.9. The maximum Gasteiger partial charge on any atom is 0.164 e. The van der Waals surface area contributed by atoms with E-state index in [0.29, 0.717) is 47.8 Å². The highest BCUT2D eigenvalue weighted by atomic mass is 33.1. The van der Waals surface area contributed by atoms with Crippen molar-refractivity contribution in [3.63, 3.8) is 0 Å². The van der Waals surface area contributed by atoms with E-state index in [1.807, 2.05) is 36.7 Å². The van der Waals surface area contributed by atoms with Crippen molar-refractivity contribution in [1.29, 1.82) is 0 Å². The molecule has 7 aliphatic rings. The number of aliphatic hydroxyl groups excluding tert-OH is 3. The molecule has 4 heterocycles. The number of aromatic nitrogens is 1. The molecule has 7 aromatic carbocycles. The molecule has 1 aromatic heterocycles. The molecular weight excluding hydrogens is 1300 g/mol. The lowest BCUT2D eigenvalue weighted by Crippen LogP contribution is -2.65. The third-order valence-corrected chi connectivity index (χ3v) is 29.6. The summed E-state index contributed by atoms with van der Waals surface area (Å²) in [4.78, 5) is 21.5. The number of Topliss-reactive ketones (excluding diaryl/α,β-unsaturated/α-hetero) is 1. The normalized spacial score (nSPS) is 29.5. The first-order valence-electron chi connectivity index (χ1n) is 35.9. The Morgan fingerprint density at radius 2 is 1.54 bits per heavy atom. The van der Waals surface area contributed by atoms with E-state index in [2.05, 4.69) is 120 Å². The van der Waals surface area contributed by atoms with E-state index < -0.39 is 52.1 Å². The minimum atomic E-state index is -1.80. The third-order valence-electron chi connectivity index (χ3n) is 24.2. The SMILES string of the molecule is CCc1ccc2cccc3c2c1Cc1c(ccc(O)c1OC)CC(Cc1cc[nH]c1)C(O)C1C(=O)C(c2cc(O)c4c(c2)C25CCCC(Cc6ccccc6Cc6ccccc6)C2(C=C4)CCCN5)(C2CSSCC4CCCCC4Oc4cc2ccc4O)C(O)CC1CSSC3CO. The maximum absolute atomic E-state index is 18.2. The molecule has 15 heteroatoms. The quantitative estimate of drug-likeness (QED) is 0.0572. The van der Waals surface area contributed by atoms with Gasteiger partial charge in [0.2, 0.25) is 0 Å². The van der Waals surface area contributed by atoms with Gasteiger partial charge in [-0.1, -0.05) is 178 Å². The number of carbonyl (C=O) groups excluding carboxylic acids is 1. The Balaban J connectivity index is 0.922. The molecule has 4 aliphatic carbocycles. The van der Waals surface area contributed by atoms with Crippen LogP contribution in [0.3, 0.4) is 0 Å². The number of methoxy groups -OCH3 is 1. The zero-order valence-electron chi connectivity index (χ0n) is 56.2. The van der Waals surface area contributed by atoms with Crippen LogP contribution in [0.5, 0.6) is 28.7 Å². The van der Waals surface area contributed by atoms with Crippen molar-refractivity contribution in [2.75, 3.05) is 37.5 Å². The van der Waals surface area contributed by atoms with Crippen molar-refractivity contribution in [2.24, 2.45) is 35.0 Å². The molecule has 4 fully saturated rings. The van der Waals surface area contributed by atoms with Crippen molar-refractivity contribution < 1.29 is 44.9 Å². The molecule has 13 atom stereocenters. The lowest BCUT2D eigenvalue weighted by molar-refractivity contribution is -0.150. The van der Waals surface area contributed by atoms with Crippen molar-refractivity contribution in [3.05, 3.63) is 224 Å². The first-order valence-corrected chi connectivity index (χ1v) is 40.7. The van der Waals surface area contributed by atoms with E-state index in [-0.39, 0.29) is 59.4 Å². The summed E-state index contributed by atoms with van der Waals surface area (Å²) in [5.74, 6) is -0.484. The molecule has 3 aliphatic heterocycles. The summed E-state index contributed by atoms with van der Waals surface area (Å²) in [6.07, 6.45) is 18.1. The molecule has 13 unspecified atom stereocenters. The highest BCUT2D eigenvalue weighted by Crippen LogP contribution is 2.65. The summed E-state index contributed by atoms with van der Waals surface area (Å²) < 4.78 is 13.2. The molecule has 0 amide bonds. The zero-order chi connectivity index (χ0) is 67.3. The molecule has 8 N–H and O–H groups in total. The third kappa shape index (κ3) is 12.1. The van der Waals surface area contributed by atoms with Crippen molar-refractivity contribution in [3.8, 4) is 28.7 Å². The van der Waals surface area contributed by atoms with Crippen LogP contribution in [0.15, 0.2) is 152 Å². The minimum absolute atomic E-state index is 0.00259. The highest BCUT2D eigenvalue weighted by Gasteiger charge is 2.64. The number of ether oxygens (including phenoxy) is 2. The standard InChI is InChI=1S/C83H92N2O9S4/c1-3-52-23-24-53-19-11-21-64-74(46-86)98-97-48-60-41-75(90)83(68-49-96-95-47-58-18-9-10-22-72(58)94-73-40-57(68)26-27-69(73)87,80(92)77(60)78(91)59(37-51-30-35-84-45-51)38-56-25-28-70(88)79(93-2)66(56)44-65(52)76(53)64)62-42-67-63(71(89)43-62)29-33-81-31-13-34-85-82(67,81)32-12-20-61(81)39-55-17-8-7-16-54(55)36-50-14-5-4-6-15-50/h4-8,11,14-17,19,21,23-30,33,35,40,42-43,45,58-61,68,72,74-75,77-78,84-91H,3,9-10,12-13,18,20,22,31-32,34,36-39,41,44,46-49H2,1-2H3. The Morgan fingerprint density at radius 3 is 2.37 bits per heavy atom. The molecule has 1 saturated heterocycles. The van der Waals surface area contributed by atoms with Crippen LogP contribution < -0.4 is 14.8 Å². The van der Waals surface area contributed by atoms with E-state index in [1.54, 1.807) is 68.5 Å². The lowest BCUT2D eigenvalue weighted by atomic mass is 9.47. The van der Waals surface area contributed by atoms with E-state index in [1.165, 1.54) is 16.7 Å². The number of carbonyl (C=O) groups is 1. The number of phenols is 3. The van der Waals surface area contributed by atoms with E-state index in [4.69, 9.17) is 9.47 Å². The number of H-pyrrole nitrogens is 1. The zero-order valence-corrected chi connectivity index (χ0v) is 59.4. The van der Waals surface area contributed by atoms with Gasteiger partial charge in [0.25, 0.3) is 0 Å². The number of aliphatic hydroxyl groups is 3. The number of ketones is 1. The van der Waals surface area contributed by atoms with Crippen molar-refractivity contribution >= 4 is 65.8 Å². The second kappa shape index (κ2) is 28.6. The van der Waals surface area contributed by atoms with E-state index in [9.17, 15) is 30.6 Å². The average Bonchev–Trinajstić information content (AvgIpc) is 0.690. The summed E-state index contributed by atoms with van der Waals surface area (Å²) in [6, 6.07) is 45.5. The van der Waals surface area contributed by atoms with Crippen LogP contribution in [-0.2, 0) is 54.3 Å². The molecule has 512 valence electrons. The largest absolute Gasteiger partial charge is 0.507 e. The number of nitrogens with one attached hydrogen (secondary N) is 2. The number of rotatable bonds is 11. The van der Waals surface area contributed by atoms with Gasteiger partial charge in [0.15, 0.2) is 28.8 Å². The van der Waals surface area contributed by atoms with Gasteiger partial charge in [-0.2, -0.15) is 0 Å². The number of aromatic amines is 1. The van der Waals surface area contributed by atoms with Gasteiger partial charge in [0.1, 0.15) is 11.9 Å². The summed E-state index contributed by atoms with van der Waals surface area (Å²) in [5.41, 5.74) is 9.88. The topological polar surface area (TPSA) is 185 Å². The average molecular weight is 1390 g/mol. The molecular formula is C83H92N2O9S4. The van der Waals surface area contributed by atoms with Crippen LogP contribution in [0.2, 0.25) is 0 Å². The Labute approximate surface area is 592 Å². The smallest absolute Gasteiger partial charge is 0.164 e. The van der Waals surface area contributed by atoms with E-state index in [0.717, 1.165) is 150 Å². The number of fused-ring (bicyclic) bond motifs is 6. The van der Waals surface area contributed by atoms with Crippen LogP contribution in [0.4, 0.5) is 0 Å². The Bertz CT molecular complexity index is 4240. The van der Waals surface area contributed by atoms with Gasteiger partial charge >= 0.3 is 0 Å². The maximum atomic E-state index is 18.2. The predicted molar refractivity (Wildman–Crippen MR) is 400 cm³/mol. The van der Waals surface area contributed by atoms with Crippen LogP contribution in [0.25, 0.3) is 16.8 Å².